The molecule has 6 heteroatoms. The average molecular weight is 274 g/mol. The summed E-state index contributed by atoms with van der Waals surface area (Å²) in [5.74, 6) is 0. The molecule has 2 aromatic rings. The molecule has 3 N–H and O–H groups in total. The zero-order valence-electron chi connectivity index (χ0n) is 11.3. The van der Waals surface area contributed by atoms with E-state index >= 15 is 0 Å². The monoisotopic (exact) mass is 274 g/mol. The van der Waals surface area contributed by atoms with Gasteiger partial charge >= 0.3 is 6.03 Å². The van der Waals surface area contributed by atoms with E-state index in [4.69, 9.17) is 5.11 Å². The van der Waals surface area contributed by atoms with Gasteiger partial charge in [0.1, 0.15) is 0 Å². The van der Waals surface area contributed by atoms with Crippen LogP contribution in [0, 0.1) is 0 Å². The molecule has 6 nitrogen and oxygen atoms in total. The number of aliphatic hydroxyl groups is 1. The van der Waals surface area contributed by atoms with E-state index in [1.54, 1.807) is 17.8 Å². The van der Waals surface area contributed by atoms with Gasteiger partial charge in [-0.3, -0.25) is 0 Å². The molecule has 1 aromatic heterocycles. The van der Waals surface area contributed by atoms with Crippen LogP contribution in [0.4, 0.5) is 4.79 Å². The third kappa shape index (κ3) is 3.83. The minimum Gasteiger partial charge on any atom is -0.394 e. The number of amides is 2. The maximum atomic E-state index is 11.5. The standard InChI is InChI=1S/C14H18N4O2/c1-11(10-19)17-14(20)15-9-12-3-5-13(6-4-12)18-8-2-7-16-18/h2-8,11,19H,9-10H2,1H3,(H2,15,17,20). The highest BCUT2D eigenvalue weighted by molar-refractivity contribution is 5.74. The summed E-state index contributed by atoms with van der Waals surface area (Å²) in [4.78, 5) is 11.5. The van der Waals surface area contributed by atoms with Gasteiger partial charge in [0.15, 0.2) is 0 Å². The maximum Gasteiger partial charge on any atom is 0.315 e. The maximum absolute atomic E-state index is 11.5. The molecule has 1 atom stereocenters. The molecular formula is C14H18N4O2. The van der Waals surface area contributed by atoms with Crippen molar-refractivity contribution in [3.05, 3.63) is 48.3 Å². The van der Waals surface area contributed by atoms with Gasteiger partial charge in [-0.2, -0.15) is 5.10 Å². The van der Waals surface area contributed by atoms with E-state index in [2.05, 4.69) is 15.7 Å². The van der Waals surface area contributed by atoms with Crippen molar-refractivity contribution in [1.82, 2.24) is 20.4 Å². The first kappa shape index (κ1) is 14.1. The van der Waals surface area contributed by atoms with Crippen LogP contribution in [0.25, 0.3) is 5.69 Å². The lowest BCUT2D eigenvalue weighted by molar-refractivity contribution is 0.220. The van der Waals surface area contributed by atoms with Crippen LogP contribution < -0.4 is 10.6 Å². The number of hydrogen-bond acceptors (Lipinski definition) is 3. The van der Waals surface area contributed by atoms with Crippen LogP contribution in [-0.2, 0) is 6.54 Å². The molecular weight excluding hydrogens is 256 g/mol. The number of hydrogen-bond donors (Lipinski definition) is 3. The van der Waals surface area contributed by atoms with Crippen LogP contribution in [-0.4, -0.2) is 33.6 Å². The Labute approximate surface area is 117 Å². The third-order valence-corrected chi connectivity index (χ3v) is 2.81. The van der Waals surface area contributed by atoms with Crippen LogP contribution in [0.3, 0.4) is 0 Å². The molecule has 0 bridgehead atoms. The first-order valence-electron chi connectivity index (χ1n) is 6.43. The van der Waals surface area contributed by atoms with Gasteiger partial charge in [-0.1, -0.05) is 12.1 Å². The molecule has 0 fully saturated rings. The Morgan fingerprint density at radius 2 is 2.15 bits per heavy atom. The van der Waals surface area contributed by atoms with Gasteiger partial charge in [0, 0.05) is 18.9 Å². The van der Waals surface area contributed by atoms with E-state index < -0.39 is 0 Å². The Balaban J connectivity index is 1.87. The summed E-state index contributed by atoms with van der Waals surface area (Å²) in [6.45, 7) is 2.09. The zero-order valence-corrected chi connectivity index (χ0v) is 11.3. The first-order valence-corrected chi connectivity index (χ1v) is 6.43. The van der Waals surface area contributed by atoms with Crippen molar-refractivity contribution < 1.29 is 9.90 Å². The second kappa shape index (κ2) is 6.72. The molecule has 0 aliphatic carbocycles. The predicted octanol–water partition coefficient (Wildman–Crippen LogP) is 1.05. The predicted molar refractivity (Wildman–Crippen MR) is 75.5 cm³/mol. The molecule has 0 aliphatic rings. The van der Waals surface area contributed by atoms with Crippen LogP contribution in [0.15, 0.2) is 42.7 Å². The average Bonchev–Trinajstić information content (AvgIpc) is 2.99. The summed E-state index contributed by atoms with van der Waals surface area (Å²) in [6, 6.07) is 9.08. The Kier molecular flexibility index (Phi) is 4.73. The van der Waals surface area contributed by atoms with Gasteiger partial charge < -0.3 is 15.7 Å². The van der Waals surface area contributed by atoms with E-state index in [0.29, 0.717) is 6.54 Å². The van der Waals surface area contributed by atoms with Crippen molar-refractivity contribution in [3.63, 3.8) is 0 Å². The normalized spacial score (nSPS) is 11.9. The highest BCUT2D eigenvalue weighted by Crippen LogP contribution is 2.08. The van der Waals surface area contributed by atoms with Gasteiger partial charge in [0.25, 0.3) is 0 Å². The number of benzene rings is 1. The Hall–Kier alpha value is -2.34. The SMILES string of the molecule is CC(CO)NC(=O)NCc1ccc(-n2cccn2)cc1. The number of nitrogens with zero attached hydrogens (tertiary/aromatic N) is 2. The van der Waals surface area contributed by atoms with E-state index in [1.807, 2.05) is 36.5 Å². The number of aliphatic hydroxyl groups excluding tert-OH is 1. The second-order valence-electron chi connectivity index (χ2n) is 4.53. The van der Waals surface area contributed by atoms with Crippen LogP contribution in [0.2, 0.25) is 0 Å². The van der Waals surface area contributed by atoms with E-state index in [0.717, 1.165) is 11.3 Å². The smallest absolute Gasteiger partial charge is 0.315 e. The largest absolute Gasteiger partial charge is 0.394 e. The molecule has 20 heavy (non-hydrogen) atoms. The number of aromatic nitrogens is 2. The quantitative estimate of drug-likeness (QED) is 0.762. The number of rotatable bonds is 5. The molecule has 0 saturated carbocycles. The Morgan fingerprint density at radius 1 is 1.40 bits per heavy atom. The van der Waals surface area contributed by atoms with Crippen molar-refractivity contribution in [3.8, 4) is 5.69 Å². The van der Waals surface area contributed by atoms with Crippen LogP contribution in [0.5, 0.6) is 0 Å². The van der Waals surface area contributed by atoms with Gasteiger partial charge in [0.05, 0.1) is 18.3 Å². The second-order valence-corrected chi connectivity index (χ2v) is 4.53. The lowest BCUT2D eigenvalue weighted by Gasteiger charge is -2.12. The van der Waals surface area contributed by atoms with Gasteiger partial charge in [-0.15, -0.1) is 0 Å². The zero-order chi connectivity index (χ0) is 14.4. The Morgan fingerprint density at radius 3 is 2.75 bits per heavy atom. The summed E-state index contributed by atoms with van der Waals surface area (Å²) in [5, 5.41) is 18.3. The third-order valence-electron chi connectivity index (χ3n) is 2.81. The molecule has 2 rings (SSSR count). The molecule has 106 valence electrons. The van der Waals surface area contributed by atoms with Crippen LogP contribution in [0.1, 0.15) is 12.5 Å². The molecule has 0 radical (unpaired) electrons. The number of carbonyl (C=O) groups excluding carboxylic acids is 1. The minimum absolute atomic E-state index is 0.0774. The minimum atomic E-state index is -0.289. The number of urea groups is 1. The molecule has 0 aliphatic heterocycles. The van der Waals surface area contributed by atoms with Gasteiger partial charge in [-0.25, -0.2) is 9.48 Å². The summed E-state index contributed by atoms with van der Waals surface area (Å²) in [6.07, 6.45) is 3.60. The van der Waals surface area contributed by atoms with Gasteiger partial charge in [-0.05, 0) is 30.7 Å². The van der Waals surface area contributed by atoms with Crippen molar-refractivity contribution in [1.29, 1.82) is 0 Å². The van der Waals surface area contributed by atoms with Gasteiger partial charge in [0.2, 0.25) is 0 Å². The molecule has 0 spiro atoms. The lowest BCUT2D eigenvalue weighted by atomic mass is 10.2. The number of nitrogens with one attached hydrogen (secondary N) is 2. The van der Waals surface area contributed by atoms with Crippen molar-refractivity contribution in [2.45, 2.75) is 19.5 Å². The molecule has 0 saturated heterocycles. The Bertz CT molecular complexity index is 537. The fourth-order valence-electron chi connectivity index (χ4n) is 1.69. The highest BCUT2D eigenvalue weighted by atomic mass is 16.3. The summed E-state index contributed by atoms with van der Waals surface area (Å²) >= 11 is 0. The molecule has 1 aromatic carbocycles. The first-order chi connectivity index (χ1) is 9.69. The van der Waals surface area contributed by atoms with E-state index in [-0.39, 0.29) is 18.7 Å². The van der Waals surface area contributed by atoms with Crippen molar-refractivity contribution >= 4 is 6.03 Å². The van der Waals surface area contributed by atoms with Crippen LogP contribution >= 0.6 is 0 Å². The van der Waals surface area contributed by atoms with E-state index in [9.17, 15) is 4.79 Å². The topological polar surface area (TPSA) is 79.2 Å². The van der Waals surface area contributed by atoms with Crippen molar-refractivity contribution in [2.75, 3.05) is 6.61 Å². The number of carbonyl (C=O) groups is 1. The summed E-state index contributed by atoms with van der Waals surface area (Å²) in [5.41, 5.74) is 1.96. The summed E-state index contributed by atoms with van der Waals surface area (Å²) < 4.78 is 1.77. The van der Waals surface area contributed by atoms with Crippen molar-refractivity contribution in [2.24, 2.45) is 0 Å². The molecule has 1 heterocycles. The lowest BCUT2D eigenvalue weighted by Crippen LogP contribution is -2.41. The molecule has 2 amide bonds. The van der Waals surface area contributed by atoms with E-state index in [1.165, 1.54) is 0 Å². The molecule has 1 unspecified atom stereocenters. The summed E-state index contributed by atoms with van der Waals surface area (Å²) in [7, 11) is 0. The highest BCUT2D eigenvalue weighted by Gasteiger charge is 2.05. The fourth-order valence-corrected chi connectivity index (χ4v) is 1.69. The fraction of sp³-hybridized carbons (Fsp3) is 0.286.